The molecule has 0 aliphatic rings. The lowest BCUT2D eigenvalue weighted by Gasteiger charge is -2.06. The van der Waals surface area contributed by atoms with Crippen LogP contribution in [0.5, 0.6) is 5.75 Å². The summed E-state index contributed by atoms with van der Waals surface area (Å²) in [5, 5.41) is 16.0. The SMILES string of the molecule is Oc1cccc(-c2nc(-c3cccc(C(F)(F)F)c3)n[nH]2)c1. The first-order valence-electron chi connectivity index (χ1n) is 6.33. The Morgan fingerprint density at radius 1 is 0.955 bits per heavy atom. The highest BCUT2D eigenvalue weighted by Crippen LogP contribution is 2.31. The van der Waals surface area contributed by atoms with Gasteiger partial charge in [0.2, 0.25) is 0 Å². The molecule has 0 unspecified atom stereocenters. The van der Waals surface area contributed by atoms with E-state index in [4.69, 9.17) is 0 Å². The average molecular weight is 305 g/mol. The van der Waals surface area contributed by atoms with E-state index >= 15 is 0 Å². The molecule has 0 aliphatic carbocycles. The first-order chi connectivity index (χ1) is 10.4. The number of benzene rings is 2. The molecule has 22 heavy (non-hydrogen) atoms. The molecule has 0 bridgehead atoms. The molecule has 1 heterocycles. The number of nitrogens with zero attached hydrogens (tertiary/aromatic N) is 2. The van der Waals surface area contributed by atoms with Crippen molar-refractivity contribution in [3.8, 4) is 28.5 Å². The van der Waals surface area contributed by atoms with E-state index in [-0.39, 0.29) is 17.1 Å². The van der Waals surface area contributed by atoms with Crippen molar-refractivity contribution in [1.29, 1.82) is 0 Å². The zero-order chi connectivity index (χ0) is 15.7. The maximum absolute atomic E-state index is 12.7. The van der Waals surface area contributed by atoms with Crippen molar-refractivity contribution in [2.45, 2.75) is 6.18 Å². The van der Waals surface area contributed by atoms with Crippen LogP contribution < -0.4 is 0 Å². The fourth-order valence-electron chi connectivity index (χ4n) is 2.01. The highest BCUT2D eigenvalue weighted by Gasteiger charge is 2.30. The fourth-order valence-corrected chi connectivity index (χ4v) is 2.01. The molecule has 112 valence electrons. The first-order valence-corrected chi connectivity index (χ1v) is 6.33. The molecule has 0 radical (unpaired) electrons. The molecular weight excluding hydrogens is 295 g/mol. The second kappa shape index (κ2) is 5.18. The van der Waals surface area contributed by atoms with Gasteiger partial charge < -0.3 is 5.11 Å². The second-order valence-electron chi connectivity index (χ2n) is 4.64. The number of alkyl halides is 3. The summed E-state index contributed by atoms with van der Waals surface area (Å²) in [5.41, 5.74) is 0.0944. The summed E-state index contributed by atoms with van der Waals surface area (Å²) in [6.07, 6.45) is -4.42. The van der Waals surface area contributed by atoms with E-state index in [1.807, 2.05) is 0 Å². The van der Waals surface area contributed by atoms with Gasteiger partial charge in [-0.2, -0.15) is 18.3 Å². The molecule has 0 spiro atoms. The van der Waals surface area contributed by atoms with Crippen LogP contribution in [-0.2, 0) is 6.18 Å². The second-order valence-corrected chi connectivity index (χ2v) is 4.64. The Balaban J connectivity index is 1.98. The van der Waals surface area contributed by atoms with Crippen molar-refractivity contribution in [2.75, 3.05) is 0 Å². The van der Waals surface area contributed by atoms with Crippen LogP contribution in [0.4, 0.5) is 13.2 Å². The summed E-state index contributed by atoms with van der Waals surface area (Å²) in [7, 11) is 0. The number of hydrogen-bond acceptors (Lipinski definition) is 3. The lowest BCUT2D eigenvalue weighted by atomic mass is 10.1. The largest absolute Gasteiger partial charge is 0.508 e. The van der Waals surface area contributed by atoms with Crippen LogP contribution in [-0.4, -0.2) is 20.3 Å². The Kier molecular flexibility index (Phi) is 3.32. The van der Waals surface area contributed by atoms with Gasteiger partial charge in [-0.25, -0.2) is 4.98 Å². The molecule has 3 aromatic rings. The molecule has 3 rings (SSSR count). The first kappa shape index (κ1) is 14.1. The third-order valence-electron chi connectivity index (χ3n) is 3.05. The van der Waals surface area contributed by atoms with Gasteiger partial charge >= 0.3 is 6.18 Å². The van der Waals surface area contributed by atoms with Crippen molar-refractivity contribution >= 4 is 0 Å². The Morgan fingerprint density at radius 3 is 2.41 bits per heavy atom. The van der Waals surface area contributed by atoms with Gasteiger partial charge in [0.15, 0.2) is 11.6 Å². The standard InChI is InChI=1S/C15H10F3N3O/c16-15(17,18)11-5-1-3-9(7-11)13-19-14(21-20-13)10-4-2-6-12(22)8-10/h1-8,22H,(H,19,20,21). The minimum Gasteiger partial charge on any atom is -0.508 e. The maximum Gasteiger partial charge on any atom is 0.416 e. The molecule has 2 N–H and O–H groups in total. The minimum absolute atomic E-state index is 0.0644. The van der Waals surface area contributed by atoms with Crippen LogP contribution >= 0.6 is 0 Å². The van der Waals surface area contributed by atoms with E-state index < -0.39 is 11.7 Å². The molecule has 0 saturated heterocycles. The minimum atomic E-state index is -4.42. The molecule has 7 heteroatoms. The van der Waals surface area contributed by atoms with Gasteiger partial charge in [0.05, 0.1) is 5.56 Å². The molecule has 0 saturated carbocycles. The lowest BCUT2D eigenvalue weighted by Crippen LogP contribution is -2.04. The number of H-pyrrole nitrogens is 1. The van der Waals surface area contributed by atoms with E-state index in [9.17, 15) is 18.3 Å². The number of halogens is 3. The number of phenolic OH excluding ortho intramolecular Hbond substituents is 1. The van der Waals surface area contributed by atoms with Crippen molar-refractivity contribution in [3.05, 3.63) is 54.1 Å². The highest BCUT2D eigenvalue weighted by molar-refractivity contribution is 5.62. The monoisotopic (exact) mass is 305 g/mol. The van der Waals surface area contributed by atoms with Gasteiger partial charge in [-0.15, -0.1) is 0 Å². The van der Waals surface area contributed by atoms with Gasteiger partial charge in [-0.3, -0.25) is 5.10 Å². The summed E-state index contributed by atoms with van der Waals surface area (Å²) in [6.45, 7) is 0. The third-order valence-corrected chi connectivity index (χ3v) is 3.05. The summed E-state index contributed by atoms with van der Waals surface area (Å²) in [5.74, 6) is 0.585. The Morgan fingerprint density at radius 2 is 1.68 bits per heavy atom. The van der Waals surface area contributed by atoms with Crippen molar-refractivity contribution in [1.82, 2.24) is 15.2 Å². The zero-order valence-electron chi connectivity index (χ0n) is 11.1. The van der Waals surface area contributed by atoms with Crippen LogP contribution in [0.1, 0.15) is 5.56 Å². The highest BCUT2D eigenvalue weighted by atomic mass is 19.4. The van der Waals surface area contributed by atoms with Crippen molar-refractivity contribution in [2.24, 2.45) is 0 Å². The summed E-state index contributed by atoms with van der Waals surface area (Å²) >= 11 is 0. The Bertz CT molecular complexity index is 812. The summed E-state index contributed by atoms with van der Waals surface area (Å²) in [4.78, 5) is 4.17. The van der Waals surface area contributed by atoms with E-state index in [0.29, 0.717) is 11.4 Å². The smallest absolute Gasteiger partial charge is 0.416 e. The van der Waals surface area contributed by atoms with Crippen molar-refractivity contribution in [3.63, 3.8) is 0 Å². The maximum atomic E-state index is 12.7. The molecular formula is C15H10F3N3O. The molecule has 0 atom stereocenters. The molecule has 0 amide bonds. The molecule has 2 aromatic carbocycles. The average Bonchev–Trinajstić information content (AvgIpc) is 2.96. The Hall–Kier alpha value is -2.83. The number of aromatic amines is 1. The predicted octanol–water partition coefficient (Wildman–Crippen LogP) is 3.86. The third kappa shape index (κ3) is 2.78. The summed E-state index contributed by atoms with van der Waals surface area (Å²) < 4.78 is 38.2. The van der Waals surface area contributed by atoms with Crippen LogP contribution in [0.3, 0.4) is 0 Å². The van der Waals surface area contributed by atoms with Crippen LogP contribution in [0.25, 0.3) is 22.8 Å². The molecule has 0 fully saturated rings. The number of rotatable bonds is 2. The number of phenols is 1. The molecule has 1 aromatic heterocycles. The van der Waals surface area contributed by atoms with Gasteiger partial charge in [0, 0.05) is 11.1 Å². The lowest BCUT2D eigenvalue weighted by molar-refractivity contribution is -0.137. The van der Waals surface area contributed by atoms with Crippen LogP contribution in [0, 0.1) is 0 Å². The molecule has 0 aliphatic heterocycles. The molecule has 4 nitrogen and oxygen atoms in total. The topological polar surface area (TPSA) is 61.8 Å². The van der Waals surface area contributed by atoms with Gasteiger partial charge in [-0.05, 0) is 24.3 Å². The number of aromatic hydroxyl groups is 1. The van der Waals surface area contributed by atoms with Gasteiger partial charge in [0.25, 0.3) is 0 Å². The van der Waals surface area contributed by atoms with E-state index in [0.717, 1.165) is 12.1 Å². The van der Waals surface area contributed by atoms with Gasteiger partial charge in [-0.1, -0.05) is 24.3 Å². The van der Waals surface area contributed by atoms with Crippen LogP contribution in [0.2, 0.25) is 0 Å². The van der Waals surface area contributed by atoms with E-state index in [1.54, 1.807) is 12.1 Å². The van der Waals surface area contributed by atoms with Gasteiger partial charge in [0.1, 0.15) is 5.75 Å². The normalized spacial score (nSPS) is 11.6. The summed E-state index contributed by atoms with van der Waals surface area (Å²) in [6, 6.07) is 11.1. The van der Waals surface area contributed by atoms with Crippen molar-refractivity contribution < 1.29 is 18.3 Å². The zero-order valence-corrected chi connectivity index (χ0v) is 11.1. The predicted molar refractivity (Wildman–Crippen MR) is 73.9 cm³/mol. The van der Waals surface area contributed by atoms with E-state index in [2.05, 4.69) is 15.2 Å². The van der Waals surface area contributed by atoms with E-state index in [1.165, 1.54) is 24.3 Å². The Labute approximate surface area is 123 Å². The quantitative estimate of drug-likeness (QED) is 0.755. The van der Waals surface area contributed by atoms with Crippen LogP contribution in [0.15, 0.2) is 48.5 Å². The number of aromatic nitrogens is 3. The number of hydrogen-bond donors (Lipinski definition) is 2. The fraction of sp³-hybridized carbons (Fsp3) is 0.0667. The number of nitrogens with one attached hydrogen (secondary N) is 1.